The van der Waals surface area contributed by atoms with Gasteiger partial charge in [-0.2, -0.15) is 0 Å². The summed E-state index contributed by atoms with van der Waals surface area (Å²) < 4.78 is 12.1. The van der Waals surface area contributed by atoms with Gasteiger partial charge in [0.15, 0.2) is 0 Å². The number of rotatable bonds is 8. The molecule has 5 heteroatoms. The smallest absolute Gasteiger partial charge is 0.201 e. The topological polar surface area (TPSA) is 71.7 Å². The lowest BCUT2D eigenvalue weighted by Gasteiger charge is -2.15. The van der Waals surface area contributed by atoms with Gasteiger partial charge in [-0.05, 0) is 29.8 Å². The average Bonchev–Trinajstić information content (AvgIpc) is 2.92. The Hall–Kier alpha value is -4.35. The van der Waals surface area contributed by atoms with Gasteiger partial charge in [0.1, 0.15) is 29.8 Å². The Bertz CT molecular complexity index is 1470. The second-order valence-electron chi connectivity index (χ2n) is 8.24. The maximum atomic E-state index is 13.6. The van der Waals surface area contributed by atoms with E-state index in [0.29, 0.717) is 34.6 Å². The number of fused-ring (bicyclic) bond motifs is 1. The summed E-state index contributed by atoms with van der Waals surface area (Å²) in [4.78, 5) is 13.6. The molecule has 2 N–H and O–H groups in total. The van der Waals surface area contributed by atoms with E-state index >= 15 is 0 Å². The average molecular weight is 464 g/mol. The maximum Gasteiger partial charge on any atom is 0.201 e. The summed E-state index contributed by atoms with van der Waals surface area (Å²) >= 11 is 0. The number of aliphatic hydroxyl groups excluding tert-OH is 1. The Morgan fingerprint density at radius 1 is 0.800 bits per heavy atom. The lowest BCUT2D eigenvalue weighted by atomic mass is 9.98. The highest BCUT2D eigenvalue weighted by atomic mass is 16.5. The summed E-state index contributed by atoms with van der Waals surface area (Å²) in [7, 11) is 0. The predicted molar refractivity (Wildman–Crippen MR) is 140 cm³/mol. The molecule has 0 spiro atoms. The van der Waals surface area contributed by atoms with Crippen LogP contribution in [0.1, 0.15) is 0 Å². The van der Waals surface area contributed by atoms with Crippen LogP contribution >= 0.6 is 0 Å². The molecule has 0 aliphatic rings. The van der Waals surface area contributed by atoms with Gasteiger partial charge in [-0.1, -0.05) is 78.9 Å². The third kappa shape index (κ3) is 5.10. The second kappa shape index (κ2) is 10.3. The van der Waals surface area contributed by atoms with E-state index in [4.69, 9.17) is 9.15 Å². The number of hydrogen-bond acceptors (Lipinski definition) is 5. The van der Waals surface area contributed by atoms with Crippen molar-refractivity contribution in [3.8, 4) is 28.2 Å². The summed E-state index contributed by atoms with van der Waals surface area (Å²) in [5.74, 6) is 1.03. The normalized spacial score (nSPS) is 11.8. The molecule has 0 radical (unpaired) electrons. The van der Waals surface area contributed by atoms with E-state index in [1.54, 1.807) is 18.2 Å². The minimum absolute atomic E-state index is 0.100. The largest absolute Gasteiger partial charge is 0.491 e. The molecule has 1 unspecified atom stereocenters. The Balaban J connectivity index is 1.43. The van der Waals surface area contributed by atoms with Gasteiger partial charge in [0.2, 0.25) is 5.43 Å². The van der Waals surface area contributed by atoms with E-state index in [9.17, 15) is 9.90 Å². The number of benzene rings is 4. The number of hydrogen-bond donors (Lipinski definition) is 2. The molecule has 0 fully saturated rings. The van der Waals surface area contributed by atoms with Crippen molar-refractivity contribution in [2.24, 2.45) is 0 Å². The lowest BCUT2D eigenvalue weighted by molar-refractivity contribution is 0.117. The van der Waals surface area contributed by atoms with E-state index in [1.807, 2.05) is 91.0 Å². The van der Waals surface area contributed by atoms with E-state index in [2.05, 4.69) is 5.32 Å². The molecule has 1 aromatic heterocycles. The number of nitrogens with one attached hydrogen (secondary N) is 1. The van der Waals surface area contributed by atoms with Crippen LogP contribution in [-0.4, -0.2) is 24.4 Å². The van der Waals surface area contributed by atoms with Crippen molar-refractivity contribution in [2.75, 3.05) is 18.5 Å². The van der Waals surface area contributed by atoms with Crippen LogP contribution in [0.2, 0.25) is 0 Å². The molecular weight excluding hydrogens is 438 g/mol. The van der Waals surface area contributed by atoms with Crippen LogP contribution in [0.5, 0.6) is 5.75 Å². The fourth-order valence-corrected chi connectivity index (χ4v) is 3.97. The molecule has 5 aromatic rings. The van der Waals surface area contributed by atoms with Crippen molar-refractivity contribution in [1.29, 1.82) is 0 Å². The predicted octanol–water partition coefficient (Wildman–Crippen LogP) is 5.98. The zero-order valence-corrected chi connectivity index (χ0v) is 19.1. The van der Waals surface area contributed by atoms with Gasteiger partial charge in [0, 0.05) is 23.9 Å². The van der Waals surface area contributed by atoms with Crippen molar-refractivity contribution in [3.05, 3.63) is 119 Å². The summed E-state index contributed by atoms with van der Waals surface area (Å²) in [6.45, 7) is 0.453. The molecule has 0 aliphatic heterocycles. The second-order valence-corrected chi connectivity index (χ2v) is 8.24. The zero-order chi connectivity index (χ0) is 24.0. The third-order valence-electron chi connectivity index (χ3n) is 5.72. The van der Waals surface area contributed by atoms with Gasteiger partial charge in [0.05, 0.1) is 10.9 Å². The van der Waals surface area contributed by atoms with Gasteiger partial charge in [0.25, 0.3) is 0 Å². The number of anilines is 1. The molecule has 5 nitrogen and oxygen atoms in total. The van der Waals surface area contributed by atoms with Gasteiger partial charge >= 0.3 is 0 Å². The van der Waals surface area contributed by atoms with Crippen molar-refractivity contribution in [2.45, 2.75) is 6.10 Å². The molecule has 0 bridgehead atoms. The highest BCUT2D eigenvalue weighted by molar-refractivity contribution is 5.89. The summed E-state index contributed by atoms with van der Waals surface area (Å²) in [5.41, 5.74) is 3.41. The standard InChI is InChI=1S/C30H25NO4/c32-24(19-31-23-14-8-3-9-15-23)20-34-25-16-17-26-27(18-25)35-30(22-12-6-2-7-13-22)28(29(26)33)21-10-4-1-5-11-21/h1-18,24,31-32H,19-20H2. The van der Waals surface area contributed by atoms with Crippen LogP contribution in [-0.2, 0) is 0 Å². The maximum absolute atomic E-state index is 13.6. The third-order valence-corrected chi connectivity index (χ3v) is 5.72. The van der Waals surface area contributed by atoms with Crippen LogP contribution in [0.15, 0.2) is 118 Å². The highest BCUT2D eigenvalue weighted by Crippen LogP contribution is 2.33. The quantitative estimate of drug-likeness (QED) is 0.296. The monoisotopic (exact) mass is 463 g/mol. The summed E-state index contributed by atoms with van der Waals surface area (Å²) in [6.07, 6.45) is -0.710. The summed E-state index contributed by atoms with van der Waals surface area (Å²) in [5, 5.41) is 14.0. The van der Waals surface area contributed by atoms with E-state index < -0.39 is 6.10 Å². The number of ether oxygens (including phenoxy) is 1. The van der Waals surface area contributed by atoms with Crippen LogP contribution in [0, 0.1) is 0 Å². The van der Waals surface area contributed by atoms with E-state index in [0.717, 1.165) is 16.8 Å². The van der Waals surface area contributed by atoms with Gasteiger partial charge in [-0.15, -0.1) is 0 Å². The van der Waals surface area contributed by atoms with E-state index in [1.165, 1.54) is 0 Å². The molecule has 4 aromatic carbocycles. The minimum atomic E-state index is -0.710. The van der Waals surface area contributed by atoms with Crippen molar-refractivity contribution >= 4 is 16.7 Å². The molecule has 1 heterocycles. The first-order valence-electron chi connectivity index (χ1n) is 11.5. The molecule has 174 valence electrons. The lowest BCUT2D eigenvalue weighted by Crippen LogP contribution is -2.26. The first kappa shape index (κ1) is 22.4. The van der Waals surface area contributed by atoms with Crippen molar-refractivity contribution in [3.63, 3.8) is 0 Å². The first-order chi connectivity index (χ1) is 17.2. The van der Waals surface area contributed by atoms with Crippen LogP contribution in [0.4, 0.5) is 5.69 Å². The fraction of sp³-hybridized carbons (Fsp3) is 0.100. The Kier molecular flexibility index (Phi) is 6.59. The molecule has 1 atom stereocenters. The van der Waals surface area contributed by atoms with Crippen LogP contribution in [0.3, 0.4) is 0 Å². The van der Waals surface area contributed by atoms with Crippen LogP contribution in [0.25, 0.3) is 33.4 Å². The Labute approximate surface area is 203 Å². The molecule has 0 amide bonds. The molecule has 35 heavy (non-hydrogen) atoms. The molecule has 0 saturated carbocycles. The molecular formula is C30H25NO4. The van der Waals surface area contributed by atoms with Gasteiger partial charge < -0.3 is 19.6 Å². The Morgan fingerprint density at radius 3 is 2.11 bits per heavy atom. The number of para-hydroxylation sites is 1. The van der Waals surface area contributed by atoms with E-state index in [-0.39, 0.29) is 12.0 Å². The highest BCUT2D eigenvalue weighted by Gasteiger charge is 2.18. The van der Waals surface area contributed by atoms with Crippen molar-refractivity contribution < 1.29 is 14.3 Å². The number of aliphatic hydroxyl groups is 1. The SMILES string of the molecule is O=c1c(-c2ccccc2)c(-c2ccccc2)oc2cc(OCC(O)CNc3ccccc3)ccc12. The molecule has 0 saturated heterocycles. The van der Waals surface area contributed by atoms with Crippen LogP contribution < -0.4 is 15.5 Å². The van der Waals surface area contributed by atoms with Crippen molar-refractivity contribution in [1.82, 2.24) is 0 Å². The Morgan fingerprint density at radius 2 is 1.43 bits per heavy atom. The molecule has 0 aliphatic carbocycles. The fourth-order valence-electron chi connectivity index (χ4n) is 3.97. The minimum Gasteiger partial charge on any atom is -0.491 e. The summed E-state index contributed by atoms with van der Waals surface area (Å²) in [6, 6.07) is 34.0. The van der Waals surface area contributed by atoms with Gasteiger partial charge in [-0.25, -0.2) is 0 Å². The zero-order valence-electron chi connectivity index (χ0n) is 19.1. The molecule has 5 rings (SSSR count). The first-order valence-corrected chi connectivity index (χ1v) is 11.5. The van der Waals surface area contributed by atoms with Gasteiger partial charge in [-0.3, -0.25) is 4.79 Å².